The fourth-order valence-electron chi connectivity index (χ4n) is 3.74. The SMILES string of the molecule is NC1=C(NCCCC2CCN(Cc3ccccc3)CC2)C=CCC1. The van der Waals surface area contributed by atoms with Crippen molar-refractivity contribution in [1.29, 1.82) is 0 Å². The topological polar surface area (TPSA) is 41.3 Å². The van der Waals surface area contributed by atoms with Crippen molar-refractivity contribution < 1.29 is 0 Å². The lowest BCUT2D eigenvalue weighted by molar-refractivity contribution is 0.171. The van der Waals surface area contributed by atoms with Crippen LogP contribution in [0.25, 0.3) is 0 Å². The van der Waals surface area contributed by atoms with Crippen molar-refractivity contribution in [3.05, 3.63) is 59.4 Å². The molecule has 3 rings (SSSR count). The van der Waals surface area contributed by atoms with Gasteiger partial charge in [-0.2, -0.15) is 0 Å². The Labute approximate surface area is 146 Å². The number of benzene rings is 1. The molecule has 2 aliphatic rings. The van der Waals surface area contributed by atoms with Crippen molar-refractivity contribution in [3.63, 3.8) is 0 Å². The third-order valence-corrected chi connectivity index (χ3v) is 5.27. The maximum absolute atomic E-state index is 6.04. The molecule has 0 unspecified atom stereocenters. The van der Waals surface area contributed by atoms with E-state index in [1.54, 1.807) is 0 Å². The number of rotatable bonds is 7. The molecule has 1 aliphatic heterocycles. The lowest BCUT2D eigenvalue weighted by Crippen LogP contribution is -2.33. The zero-order valence-corrected chi connectivity index (χ0v) is 14.7. The van der Waals surface area contributed by atoms with Gasteiger partial charge in [0.15, 0.2) is 0 Å². The van der Waals surface area contributed by atoms with Crippen LogP contribution >= 0.6 is 0 Å². The van der Waals surface area contributed by atoms with E-state index >= 15 is 0 Å². The van der Waals surface area contributed by atoms with Crippen LogP contribution in [0.4, 0.5) is 0 Å². The molecule has 1 aromatic carbocycles. The van der Waals surface area contributed by atoms with Crippen LogP contribution < -0.4 is 11.1 Å². The average molecular weight is 326 g/mol. The molecule has 3 nitrogen and oxygen atoms in total. The third kappa shape index (κ3) is 5.13. The first-order valence-corrected chi connectivity index (χ1v) is 9.46. The normalized spacial score (nSPS) is 19.7. The van der Waals surface area contributed by atoms with Crippen molar-refractivity contribution in [2.75, 3.05) is 19.6 Å². The first-order valence-electron chi connectivity index (χ1n) is 9.46. The van der Waals surface area contributed by atoms with Crippen LogP contribution in [0.1, 0.15) is 44.1 Å². The molecule has 1 aromatic rings. The molecule has 0 amide bonds. The van der Waals surface area contributed by atoms with E-state index in [-0.39, 0.29) is 0 Å². The molecule has 130 valence electrons. The van der Waals surface area contributed by atoms with Crippen LogP contribution in [0.2, 0.25) is 0 Å². The number of hydrogen-bond donors (Lipinski definition) is 2. The van der Waals surface area contributed by atoms with Gasteiger partial charge in [0.2, 0.25) is 0 Å². The van der Waals surface area contributed by atoms with Gasteiger partial charge in [-0.3, -0.25) is 4.90 Å². The monoisotopic (exact) mass is 325 g/mol. The summed E-state index contributed by atoms with van der Waals surface area (Å²) in [5, 5.41) is 3.51. The summed E-state index contributed by atoms with van der Waals surface area (Å²) in [7, 11) is 0. The van der Waals surface area contributed by atoms with Gasteiger partial charge in [-0.15, -0.1) is 0 Å². The van der Waals surface area contributed by atoms with Crippen LogP contribution in [0.15, 0.2) is 53.9 Å². The predicted molar refractivity (Wildman–Crippen MR) is 101 cm³/mol. The maximum atomic E-state index is 6.04. The van der Waals surface area contributed by atoms with Crippen molar-refractivity contribution in [2.24, 2.45) is 11.7 Å². The summed E-state index contributed by atoms with van der Waals surface area (Å²) in [6.07, 6.45) is 11.7. The third-order valence-electron chi connectivity index (χ3n) is 5.27. The van der Waals surface area contributed by atoms with Gasteiger partial charge in [0.25, 0.3) is 0 Å². The quantitative estimate of drug-likeness (QED) is 0.750. The van der Waals surface area contributed by atoms with Crippen molar-refractivity contribution in [3.8, 4) is 0 Å². The van der Waals surface area contributed by atoms with Crippen molar-refractivity contribution in [1.82, 2.24) is 10.2 Å². The highest BCUT2D eigenvalue weighted by atomic mass is 15.1. The number of nitrogens with one attached hydrogen (secondary N) is 1. The molecule has 3 heteroatoms. The fraction of sp³-hybridized carbons (Fsp3) is 0.524. The minimum Gasteiger partial charge on any atom is -0.400 e. The summed E-state index contributed by atoms with van der Waals surface area (Å²) in [5.74, 6) is 0.895. The maximum Gasteiger partial charge on any atom is 0.0527 e. The van der Waals surface area contributed by atoms with E-state index < -0.39 is 0 Å². The number of allylic oxidation sites excluding steroid dienone is 3. The van der Waals surface area contributed by atoms with E-state index in [1.165, 1.54) is 44.3 Å². The summed E-state index contributed by atoms with van der Waals surface area (Å²) in [4.78, 5) is 2.60. The zero-order chi connectivity index (χ0) is 16.6. The first-order chi connectivity index (χ1) is 11.8. The molecule has 0 saturated carbocycles. The lowest BCUT2D eigenvalue weighted by Gasteiger charge is -2.32. The standard InChI is InChI=1S/C21H31N3/c22-20-10-4-5-11-21(20)23-14-6-9-18-12-15-24(16-13-18)17-19-7-2-1-3-8-19/h1-3,5,7-8,11,18,23H,4,6,9-10,12-17,22H2. The minimum atomic E-state index is 0.895. The molecule has 0 aromatic heterocycles. The molecular weight excluding hydrogens is 294 g/mol. The largest absolute Gasteiger partial charge is 0.400 e. The van der Waals surface area contributed by atoms with Crippen LogP contribution in [-0.4, -0.2) is 24.5 Å². The zero-order valence-electron chi connectivity index (χ0n) is 14.7. The molecule has 1 fully saturated rings. The molecule has 24 heavy (non-hydrogen) atoms. The molecule has 0 bridgehead atoms. The van der Waals surface area contributed by atoms with Gasteiger partial charge < -0.3 is 11.1 Å². The average Bonchev–Trinajstić information content (AvgIpc) is 2.62. The second-order valence-electron chi connectivity index (χ2n) is 7.15. The summed E-state index contributed by atoms with van der Waals surface area (Å²) >= 11 is 0. The molecule has 0 atom stereocenters. The van der Waals surface area contributed by atoms with Gasteiger partial charge in [-0.05, 0) is 69.2 Å². The van der Waals surface area contributed by atoms with Gasteiger partial charge in [0, 0.05) is 18.8 Å². The van der Waals surface area contributed by atoms with Crippen molar-refractivity contribution >= 4 is 0 Å². The van der Waals surface area contributed by atoms with Crippen LogP contribution in [0.3, 0.4) is 0 Å². The molecule has 1 aliphatic carbocycles. The smallest absolute Gasteiger partial charge is 0.0527 e. The Bertz CT molecular complexity index is 554. The first kappa shape index (κ1) is 17.1. The minimum absolute atomic E-state index is 0.895. The van der Waals surface area contributed by atoms with Crippen LogP contribution in [0, 0.1) is 5.92 Å². The summed E-state index contributed by atoms with van der Waals surface area (Å²) < 4.78 is 0. The van der Waals surface area contributed by atoms with E-state index in [4.69, 9.17) is 5.73 Å². The fourth-order valence-corrected chi connectivity index (χ4v) is 3.74. The van der Waals surface area contributed by atoms with Gasteiger partial charge in [0.05, 0.1) is 5.70 Å². The summed E-state index contributed by atoms with van der Waals surface area (Å²) in [6.45, 7) is 4.64. The van der Waals surface area contributed by atoms with E-state index in [1.807, 2.05) is 0 Å². The second kappa shape index (κ2) is 8.93. The highest BCUT2D eigenvalue weighted by Crippen LogP contribution is 2.23. The highest BCUT2D eigenvalue weighted by molar-refractivity contribution is 5.25. The number of nitrogens with zero attached hydrogens (tertiary/aromatic N) is 1. The highest BCUT2D eigenvalue weighted by Gasteiger charge is 2.18. The van der Waals surface area contributed by atoms with Gasteiger partial charge in [-0.1, -0.05) is 36.4 Å². The van der Waals surface area contributed by atoms with E-state index in [0.29, 0.717) is 0 Å². The van der Waals surface area contributed by atoms with E-state index in [2.05, 4.69) is 52.7 Å². The summed E-state index contributed by atoms with van der Waals surface area (Å²) in [6, 6.07) is 10.8. The number of hydrogen-bond acceptors (Lipinski definition) is 3. The van der Waals surface area contributed by atoms with Gasteiger partial charge >= 0.3 is 0 Å². The Hall–Kier alpha value is -1.74. The Balaban J connectivity index is 1.31. The van der Waals surface area contributed by atoms with Crippen LogP contribution in [0.5, 0.6) is 0 Å². The van der Waals surface area contributed by atoms with Crippen LogP contribution in [-0.2, 0) is 6.54 Å². The Morgan fingerprint density at radius 1 is 1.12 bits per heavy atom. The molecule has 1 heterocycles. The Morgan fingerprint density at radius 3 is 2.67 bits per heavy atom. The van der Waals surface area contributed by atoms with E-state index in [0.717, 1.165) is 43.2 Å². The predicted octanol–water partition coefficient (Wildman–Crippen LogP) is 3.79. The molecule has 3 N–H and O–H groups in total. The molecule has 0 spiro atoms. The van der Waals surface area contributed by atoms with Crippen molar-refractivity contribution in [2.45, 2.75) is 45.1 Å². The lowest BCUT2D eigenvalue weighted by atomic mass is 9.92. The molecule has 1 saturated heterocycles. The molecule has 0 radical (unpaired) electrons. The molecular formula is C21H31N3. The summed E-state index contributed by atoms with van der Waals surface area (Å²) in [5.41, 5.74) is 9.65. The Morgan fingerprint density at radius 2 is 1.92 bits per heavy atom. The Kier molecular flexibility index (Phi) is 6.36. The van der Waals surface area contributed by atoms with Gasteiger partial charge in [0.1, 0.15) is 0 Å². The van der Waals surface area contributed by atoms with Gasteiger partial charge in [-0.25, -0.2) is 0 Å². The number of piperidine rings is 1. The van der Waals surface area contributed by atoms with E-state index in [9.17, 15) is 0 Å². The number of nitrogens with two attached hydrogens (primary N) is 1. The second-order valence-corrected chi connectivity index (χ2v) is 7.15. The number of likely N-dealkylation sites (tertiary alicyclic amines) is 1.